The molecule has 0 radical (unpaired) electrons. The van der Waals surface area contributed by atoms with Crippen LogP contribution in [0.2, 0.25) is 0 Å². The quantitative estimate of drug-likeness (QED) is 0.714. The standard InChI is InChI=1S/C22H23FN4O/c1-27(14-17-13-25-26-21(17)15-6-8-18(23)9-7-15)22(28)20-5-3-2-4-19(20)16-10-11-24-12-16/h2-9,13,16,24H,10-12,14H2,1H3,(H,25,26). The molecule has 1 atom stereocenters. The molecule has 2 heterocycles. The van der Waals surface area contributed by atoms with Gasteiger partial charge in [-0.05, 0) is 54.8 Å². The van der Waals surface area contributed by atoms with E-state index in [1.165, 1.54) is 12.1 Å². The fourth-order valence-electron chi connectivity index (χ4n) is 3.80. The minimum atomic E-state index is -0.282. The molecular formula is C22H23FN4O. The third-order valence-electron chi connectivity index (χ3n) is 5.30. The van der Waals surface area contributed by atoms with Crippen molar-refractivity contribution in [3.8, 4) is 11.3 Å². The molecule has 4 rings (SSSR count). The van der Waals surface area contributed by atoms with Gasteiger partial charge in [0.2, 0.25) is 0 Å². The first kappa shape index (κ1) is 18.4. The van der Waals surface area contributed by atoms with Crippen molar-refractivity contribution in [2.24, 2.45) is 0 Å². The number of hydrogen-bond acceptors (Lipinski definition) is 3. The number of carbonyl (C=O) groups is 1. The van der Waals surface area contributed by atoms with Crippen molar-refractivity contribution in [3.63, 3.8) is 0 Å². The molecule has 2 N–H and O–H groups in total. The van der Waals surface area contributed by atoms with Crippen molar-refractivity contribution in [2.45, 2.75) is 18.9 Å². The van der Waals surface area contributed by atoms with Crippen molar-refractivity contribution in [2.75, 3.05) is 20.1 Å². The number of benzene rings is 2. The second-order valence-electron chi connectivity index (χ2n) is 7.22. The zero-order chi connectivity index (χ0) is 19.5. The highest BCUT2D eigenvalue weighted by atomic mass is 19.1. The number of aromatic nitrogens is 2. The third kappa shape index (κ3) is 3.68. The molecule has 28 heavy (non-hydrogen) atoms. The molecule has 1 aliphatic rings. The van der Waals surface area contributed by atoms with Gasteiger partial charge in [0, 0.05) is 36.8 Å². The summed E-state index contributed by atoms with van der Waals surface area (Å²) in [6.45, 7) is 2.31. The van der Waals surface area contributed by atoms with Gasteiger partial charge in [0.05, 0.1) is 11.9 Å². The van der Waals surface area contributed by atoms with Crippen molar-refractivity contribution in [3.05, 3.63) is 77.2 Å². The molecule has 1 aromatic heterocycles. The third-order valence-corrected chi connectivity index (χ3v) is 5.30. The monoisotopic (exact) mass is 378 g/mol. The molecule has 144 valence electrons. The summed E-state index contributed by atoms with van der Waals surface area (Å²) in [6.07, 6.45) is 2.76. The fourth-order valence-corrected chi connectivity index (χ4v) is 3.80. The van der Waals surface area contributed by atoms with Crippen LogP contribution in [-0.2, 0) is 6.54 Å². The normalized spacial score (nSPS) is 16.3. The van der Waals surface area contributed by atoms with Crippen molar-refractivity contribution in [1.82, 2.24) is 20.4 Å². The highest BCUT2D eigenvalue weighted by molar-refractivity contribution is 5.95. The van der Waals surface area contributed by atoms with E-state index >= 15 is 0 Å². The van der Waals surface area contributed by atoms with E-state index in [1.807, 2.05) is 18.2 Å². The summed E-state index contributed by atoms with van der Waals surface area (Å²) in [5.74, 6) is 0.0844. The number of hydrogen-bond donors (Lipinski definition) is 2. The Labute approximate surface area is 163 Å². The van der Waals surface area contributed by atoms with Gasteiger partial charge >= 0.3 is 0 Å². The van der Waals surface area contributed by atoms with Crippen LogP contribution >= 0.6 is 0 Å². The van der Waals surface area contributed by atoms with Gasteiger partial charge in [0.1, 0.15) is 5.82 Å². The molecule has 1 amide bonds. The minimum Gasteiger partial charge on any atom is -0.337 e. The van der Waals surface area contributed by atoms with E-state index in [2.05, 4.69) is 21.6 Å². The van der Waals surface area contributed by atoms with E-state index in [4.69, 9.17) is 0 Å². The Morgan fingerprint density at radius 2 is 2.00 bits per heavy atom. The molecule has 0 spiro atoms. The van der Waals surface area contributed by atoms with Gasteiger partial charge in [-0.3, -0.25) is 9.89 Å². The zero-order valence-electron chi connectivity index (χ0n) is 15.8. The van der Waals surface area contributed by atoms with Crippen LogP contribution in [-0.4, -0.2) is 41.1 Å². The van der Waals surface area contributed by atoms with Crippen molar-refractivity contribution >= 4 is 5.91 Å². The maximum atomic E-state index is 13.2. The fraction of sp³-hybridized carbons (Fsp3) is 0.273. The number of rotatable bonds is 5. The molecule has 1 fully saturated rings. The second-order valence-corrected chi connectivity index (χ2v) is 7.22. The molecule has 0 bridgehead atoms. The van der Waals surface area contributed by atoms with Gasteiger partial charge in [0.15, 0.2) is 0 Å². The van der Waals surface area contributed by atoms with Crippen molar-refractivity contribution < 1.29 is 9.18 Å². The number of nitrogens with zero attached hydrogens (tertiary/aromatic N) is 2. The largest absolute Gasteiger partial charge is 0.337 e. The molecule has 0 saturated carbocycles. The van der Waals surface area contributed by atoms with Gasteiger partial charge in [0.25, 0.3) is 5.91 Å². The average Bonchev–Trinajstić information content (AvgIpc) is 3.40. The number of nitrogens with one attached hydrogen (secondary N) is 2. The predicted molar refractivity (Wildman–Crippen MR) is 106 cm³/mol. The zero-order valence-corrected chi connectivity index (χ0v) is 15.8. The number of halogens is 1. The summed E-state index contributed by atoms with van der Waals surface area (Å²) in [6, 6.07) is 14.1. The van der Waals surface area contributed by atoms with Crippen LogP contribution in [0, 0.1) is 5.82 Å². The highest BCUT2D eigenvalue weighted by Crippen LogP contribution is 2.27. The summed E-state index contributed by atoms with van der Waals surface area (Å²) >= 11 is 0. The first-order chi connectivity index (χ1) is 13.6. The lowest BCUT2D eigenvalue weighted by molar-refractivity contribution is 0.0784. The Kier molecular flexibility index (Phi) is 5.21. The average molecular weight is 378 g/mol. The smallest absolute Gasteiger partial charge is 0.254 e. The first-order valence-electron chi connectivity index (χ1n) is 9.47. The Hall–Kier alpha value is -2.99. The van der Waals surface area contributed by atoms with Crippen molar-refractivity contribution in [1.29, 1.82) is 0 Å². The number of amides is 1. The molecule has 6 heteroatoms. The molecule has 2 aromatic carbocycles. The predicted octanol–water partition coefficient (Wildman–Crippen LogP) is 3.56. The first-order valence-corrected chi connectivity index (χ1v) is 9.47. The highest BCUT2D eigenvalue weighted by Gasteiger charge is 2.24. The van der Waals surface area contributed by atoms with Gasteiger partial charge in [-0.25, -0.2) is 4.39 Å². The Morgan fingerprint density at radius 3 is 2.75 bits per heavy atom. The number of carbonyl (C=O) groups excluding carboxylic acids is 1. The van der Waals surface area contributed by atoms with Crippen LogP contribution < -0.4 is 5.32 Å². The minimum absolute atomic E-state index is 0.00578. The van der Waals surface area contributed by atoms with Gasteiger partial charge < -0.3 is 10.2 Å². The topological polar surface area (TPSA) is 61.0 Å². The molecule has 3 aromatic rings. The molecule has 0 aliphatic carbocycles. The lowest BCUT2D eigenvalue weighted by Crippen LogP contribution is -2.27. The summed E-state index contributed by atoms with van der Waals surface area (Å²) in [5.41, 5.74) is 4.39. The summed E-state index contributed by atoms with van der Waals surface area (Å²) in [5, 5.41) is 10.5. The van der Waals surface area contributed by atoms with E-state index in [0.717, 1.165) is 47.5 Å². The van der Waals surface area contributed by atoms with Gasteiger partial charge in [-0.2, -0.15) is 5.10 Å². The Morgan fingerprint density at radius 1 is 1.21 bits per heavy atom. The van der Waals surface area contributed by atoms with Gasteiger partial charge in [-0.15, -0.1) is 0 Å². The van der Waals surface area contributed by atoms with E-state index < -0.39 is 0 Å². The Balaban J connectivity index is 1.55. The van der Waals surface area contributed by atoms with E-state index in [9.17, 15) is 9.18 Å². The molecular weight excluding hydrogens is 355 g/mol. The van der Waals surface area contributed by atoms with E-state index in [-0.39, 0.29) is 11.7 Å². The Bertz CT molecular complexity index is 961. The van der Waals surface area contributed by atoms with Crippen LogP contribution in [0.25, 0.3) is 11.3 Å². The van der Waals surface area contributed by atoms with E-state index in [1.54, 1.807) is 30.3 Å². The van der Waals surface area contributed by atoms with E-state index in [0.29, 0.717) is 12.5 Å². The molecule has 1 unspecified atom stereocenters. The molecule has 1 aliphatic heterocycles. The van der Waals surface area contributed by atoms with Crippen LogP contribution in [0.4, 0.5) is 4.39 Å². The van der Waals surface area contributed by atoms with Crippen LogP contribution in [0.5, 0.6) is 0 Å². The second kappa shape index (κ2) is 7.94. The van der Waals surface area contributed by atoms with Gasteiger partial charge in [-0.1, -0.05) is 18.2 Å². The number of H-pyrrole nitrogens is 1. The molecule has 1 saturated heterocycles. The lowest BCUT2D eigenvalue weighted by atomic mass is 9.93. The van der Waals surface area contributed by atoms with Crippen LogP contribution in [0.1, 0.15) is 33.8 Å². The summed E-state index contributed by atoms with van der Waals surface area (Å²) < 4.78 is 13.2. The number of aromatic amines is 1. The maximum Gasteiger partial charge on any atom is 0.254 e. The SMILES string of the molecule is CN(Cc1cn[nH]c1-c1ccc(F)cc1)C(=O)c1ccccc1C1CCNC1. The lowest BCUT2D eigenvalue weighted by Gasteiger charge is -2.21. The summed E-state index contributed by atoms with van der Waals surface area (Å²) in [4.78, 5) is 14.9. The summed E-state index contributed by atoms with van der Waals surface area (Å²) in [7, 11) is 1.80. The van der Waals surface area contributed by atoms with Crippen LogP contribution in [0.3, 0.4) is 0 Å². The molecule has 5 nitrogen and oxygen atoms in total. The van der Waals surface area contributed by atoms with Crippen LogP contribution in [0.15, 0.2) is 54.7 Å². The maximum absolute atomic E-state index is 13.2.